The van der Waals surface area contributed by atoms with Crippen LogP contribution in [0.4, 0.5) is 17.1 Å². The van der Waals surface area contributed by atoms with Crippen molar-refractivity contribution < 1.29 is 0 Å². The summed E-state index contributed by atoms with van der Waals surface area (Å²) >= 11 is 0. The molecule has 1 aliphatic rings. The second-order valence-electron chi connectivity index (χ2n) is 16.0. The smallest absolute Gasteiger partial charge is 0.0543 e. The fraction of sp³-hybridized carbons (Fsp3) is 0.0526. The van der Waals surface area contributed by atoms with Gasteiger partial charge in [0.05, 0.1) is 17.1 Å². The zero-order valence-electron chi connectivity index (χ0n) is 32.7. The van der Waals surface area contributed by atoms with Crippen molar-refractivity contribution in [1.29, 1.82) is 0 Å². The van der Waals surface area contributed by atoms with E-state index in [9.17, 15) is 0 Å². The van der Waals surface area contributed by atoms with Crippen LogP contribution in [0.1, 0.15) is 25.0 Å². The van der Waals surface area contributed by atoms with Gasteiger partial charge in [0, 0.05) is 22.1 Å². The van der Waals surface area contributed by atoms with Crippen molar-refractivity contribution in [2.45, 2.75) is 19.3 Å². The molecule has 0 bridgehead atoms. The van der Waals surface area contributed by atoms with Crippen LogP contribution in [0.3, 0.4) is 0 Å². The summed E-state index contributed by atoms with van der Waals surface area (Å²) in [6.07, 6.45) is 0. The summed E-state index contributed by atoms with van der Waals surface area (Å²) in [5.41, 5.74) is 15.8. The van der Waals surface area contributed by atoms with E-state index in [1.165, 1.54) is 93.6 Å². The molecule has 0 saturated carbocycles. The topological polar surface area (TPSA) is 3.24 Å². The lowest BCUT2D eigenvalue weighted by Crippen LogP contribution is -2.16. The fourth-order valence-corrected chi connectivity index (χ4v) is 9.80. The van der Waals surface area contributed by atoms with Gasteiger partial charge in [-0.15, -0.1) is 0 Å². The number of para-hydroxylation sites is 2. The molecule has 0 fully saturated rings. The SMILES string of the molecule is CC1(C)c2ccccc2-c2c(N(c3ccccc3-c3cccc4c3ccc3ccccc34)c3ccccc3-c3cccc4cccc(-c5ccccc5)c34)cccc21. The second kappa shape index (κ2) is 13.5. The molecule has 0 N–H and O–H groups in total. The van der Waals surface area contributed by atoms with E-state index < -0.39 is 0 Å². The molecule has 11 rings (SSSR count). The van der Waals surface area contributed by atoms with Crippen molar-refractivity contribution in [3.05, 3.63) is 223 Å². The molecule has 0 atom stereocenters. The molecule has 0 heterocycles. The minimum absolute atomic E-state index is 0.149. The first-order valence-corrected chi connectivity index (χ1v) is 20.3. The van der Waals surface area contributed by atoms with Gasteiger partial charge in [0.1, 0.15) is 0 Å². The molecule has 0 spiro atoms. The van der Waals surface area contributed by atoms with Crippen LogP contribution in [0.15, 0.2) is 212 Å². The third-order valence-electron chi connectivity index (χ3n) is 12.5. The molecular formula is C57H41N. The third-order valence-corrected chi connectivity index (χ3v) is 12.5. The Morgan fingerprint density at radius 3 is 1.62 bits per heavy atom. The highest BCUT2D eigenvalue weighted by atomic mass is 15.2. The average Bonchev–Trinajstić information content (AvgIpc) is 3.52. The Balaban J connectivity index is 1.23. The van der Waals surface area contributed by atoms with Gasteiger partial charge in [0.25, 0.3) is 0 Å². The number of nitrogens with zero attached hydrogens (tertiary/aromatic N) is 1. The number of anilines is 3. The highest BCUT2D eigenvalue weighted by molar-refractivity contribution is 6.14. The van der Waals surface area contributed by atoms with Crippen LogP contribution in [-0.4, -0.2) is 0 Å². The van der Waals surface area contributed by atoms with Crippen LogP contribution in [0.2, 0.25) is 0 Å². The number of fused-ring (bicyclic) bond motifs is 7. The molecule has 274 valence electrons. The Bertz CT molecular complexity index is 3200. The average molecular weight is 740 g/mol. The first-order chi connectivity index (χ1) is 28.6. The van der Waals surface area contributed by atoms with Gasteiger partial charge in [-0.2, -0.15) is 0 Å². The van der Waals surface area contributed by atoms with Gasteiger partial charge in [0.2, 0.25) is 0 Å². The first-order valence-electron chi connectivity index (χ1n) is 20.3. The molecule has 58 heavy (non-hydrogen) atoms. The predicted octanol–water partition coefficient (Wildman–Crippen LogP) is 15.9. The summed E-state index contributed by atoms with van der Waals surface area (Å²) in [5, 5.41) is 7.50. The van der Waals surface area contributed by atoms with Gasteiger partial charge < -0.3 is 4.90 Å². The van der Waals surface area contributed by atoms with Gasteiger partial charge in [-0.1, -0.05) is 208 Å². The Kier molecular flexibility index (Phi) is 7.91. The van der Waals surface area contributed by atoms with Crippen molar-refractivity contribution >= 4 is 49.4 Å². The van der Waals surface area contributed by atoms with Crippen LogP contribution in [0, 0.1) is 0 Å². The van der Waals surface area contributed by atoms with Crippen molar-refractivity contribution in [3.63, 3.8) is 0 Å². The number of rotatable bonds is 6. The Morgan fingerprint density at radius 2 is 0.828 bits per heavy atom. The minimum Gasteiger partial charge on any atom is -0.309 e. The van der Waals surface area contributed by atoms with Gasteiger partial charge in [-0.05, 0) is 89.5 Å². The molecule has 0 aromatic heterocycles. The fourth-order valence-electron chi connectivity index (χ4n) is 9.80. The zero-order chi connectivity index (χ0) is 38.8. The molecule has 10 aromatic rings. The summed E-state index contributed by atoms with van der Waals surface area (Å²) < 4.78 is 0. The zero-order valence-corrected chi connectivity index (χ0v) is 32.7. The largest absolute Gasteiger partial charge is 0.309 e. The third kappa shape index (κ3) is 5.24. The molecule has 0 amide bonds. The lowest BCUT2D eigenvalue weighted by atomic mass is 9.82. The summed E-state index contributed by atoms with van der Waals surface area (Å²) in [6.45, 7) is 4.74. The van der Waals surface area contributed by atoms with Crippen molar-refractivity contribution in [1.82, 2.24) is 0 Å². The van der Waals surface area contributed by atoms with E-state index in [2.05, 4.69) is 231 Å². The van der Waals surface area contributed by atoms with Crippen LogP contribution in [-0.2, 0) is 5.41 Å². The Labute approximate surface area is 340 Å². The van der Waals surface area contributed by atoms with E-state index in [1.54, 1.807) is 0 Å². The van der Waals surface area contributed by atoms with E-state index in [0.29, 0.717) is 0 Å². The van der Waals surface area contributed by atoms with E-state index in [1.807, 2.05) is 0 Å². The molecule has 0 unspecified atom stereocenters. The van der Waals surface area contributed by atoms with Crippen LogP contribution in [0.5, 0.6) is 0 Å². The summed E-state index contributed by atoms with van der Waals surface area (Å²) in [5.74, 6) is 0. The highest BCUT2D eigenvalue weighted by Gasteiger charge is 2.38. The normalized spacial score (nSPS) is 12.8. The van der Waals surface area contributed by atoms with Crippen LogP contribution < -0.4 is 4.90 Å². The molecule has 1 aliphatic carbocycles. The van der Waals surface area contributed by atoms with Crippen LogP contribution >= 0.6 is 0 Å². The lowest BCUT2D eigenvalue weighted by Gasteiger charge is -2.32. The molecule has 0 saturated heterocycles. The molecule has 1 heteroatoms. The van der Waals surface area contributed by atoms with Crippen molar-refractivity contribution in [2.24, 2.45) is 0 Å². The summed E-state index contributed by atoms with van der Waals surface area (Å²) in [4.78, 5) is 2.56. The van der Waals surface area contributed by atoms with Gasteiger partial charge in [0.15, 0.2) is 0 Å². The summed E-state index contributed by atoms with van der Waals surface area (Å²) in [6, 6.07) is 78.3. The second-order valence-corrected chi connectivity index (χ2v) is 16.0. The minimum atomic E-state index is -0.149. The standard InChI is InChI=1S/C57H41N/c1-57(2)50-31-11-8-26-49(50)56-51(57)32-17-35-54(56)58(52-33-12-9-24-46(52)44-29-16-28-43-41-23-7-6-20-39(41)36-37-45(43)44)53-34-13-10-25-47(53)48-30-15-22-40-21-14-27-42(55(40)48)38-18-4-3-5-19-38/h3-37H,1-2H3. The maximum Gasteiger partial charge on any atom is 0.0543 e. The van der Waals surface area contributed by atoms with Crippen molar-refractivity contribution in [3.8, 4) is 44.5 Å². The molecule has 10 aromatic carbocycles. The quantitative estimate of drug-likeness (QED) is 0.154. The maximum atomic E-state index is 2.56. The molecule has 0 radical (unpaired) electrons. The van der Waals surface area contributed by atoms with E-state index >= 15 is 0 Å². The van der Waals surface area contributed by atoms with Crippen molar-refractivity contribution in [2.75, 3.05) is 4.90 Å². The Morgan fingerprint density at radius 1 is 0.310 bits per heavy atom. The maximum absolute atomic E-state index is 2.56. The summed E-state index contributed by atoms with van der Waals surface area (Å²) in [7, 11) is 0. The molecule has 1 nitrogen and oxygen atoms in total. The lowest BCUT2D eigenvalue weighted by molar-refractivity contribution is 0.660. The first kappa shape index (κ1) is 34.1. The number of benzene rings is 10. The number of hydrogen-bond acceptors (Lipinski definition) is 1. The predicted molar refractivity (Wildman–Crippen MR) is 248 cm³/mol. The van der Waals surface area contributed by atoms with Gasteiger partial charge >= 0.3 is 0 Å². The number of hydrogen-bond donors (Lipinski definition) is 0. The Hall–Kier alpha value is -7.22. The van der Waals surface area contributed by atoms with E-state index in [0.717, 1.165) is 11.4 Å². The van der Waals surface area contributed by atoms with Gasteiger partial charge in [-0.3, -0.25) is 0 Å². The van der Waals surface area contributed by atoms with E-state index in [-0.39, 0.29) is 5.41 Å². The molecule has 0 aliphatic heterocycles. The highest BCUT2D eigenvalue weighted by Crippen LogP contribution is 2.56. The monoisotopic (exact) mass is 739 g/mol. The van der Waals surface area contributed by atoms with Crippen LogP contribution in [0.25, 0.3) is 76.8 Å². The molecular weight excluding hydrogens is 699 g/mol. The van der Waals surface area contributed by atoms with Gasteiger partial charge in [-0.25, -0.2) is 0 Å². The van der Waals surface area contributed by atoms with E-state index in [4.69, 9.17) is 0 Å².